The molecule has 5 rings (SSSR count). The number of carbonyl (C=O) groups is 3. The Morgan fingerprint density at radius 2 is 1.75 bits per heavy atom. The fourth-order valence-electron chi connectivity index (χ4n) is 4.10. The lowest BCUT2D eigenvalue weighted by Gasteiger charge is -2.18. The number of aliphatic imine (C=N–C) groups is 1. The number of amidine groups is 1. The van der Waals surface area contributed by atoms with Crippen molar-refractivity contribution in [2.24, 2.45) is 4.99 Å². The number of ketones is 1. The molecule has 36 heavy (non-hydrogen) atoms. The van der Waals surface area contributed by atoms with Gasteiger partial charge < -0.3 is 4.90 Å². The van der Waals surface area contributed by atoms with Crippen LogP contribution in [0.2, 0.25) is 0 Å². The SMILES string of the molecule is O=C(CSC1=N/C(=C/c2ccccc2)C(=O)N1c1ccc(F)cc1)c1cccc(N2CCCC2=O)c1. The second-order valence-corrected chi connectivity index (χ2v) is 9.31. The van der Waals surface area contributed by atoms with Gasteiger partial charge in [-0.25, -0.2) is 9.38 Å². The van der Waals surface area contributed by atoms with Crippen molar-refractivity contribution < 1.29 is 18.8 Å². The standard InChI is InChI=1S/C28H22FN3O3S/c29-21-11-13-22(14-12-21)32-27(35)24(16-19-6-2-1-3-7-19)30-28(32)36-18-25(33)20-8-4-9-23(17-20)31-15-5-10-26(31)34/h1-4,6-9,11-14,16-17H,5,10,15,18H2/b24-16+. The molecule has 0 aliphatic carbocycles. The van der Waals surface area contributed by atoms with Gasteiger partial charge in [0.05, 0.1) is 11.4 Å². The maximum atomic E-state index is 13.5. The Kier molecular flexibility index (Phi) is 6.77. The minimum Gasteiger partial charge on any atom is -0.312 e. The Bertz CT molecular complexity index is 1390. The molecule has 0 saturated carbocycles. The maximum Gasteiger partial charge on any atom is 0.283 e. The molecule has 1 fully saturated rings. The highest BCUT2D eigenvalue weighted by Gasteiger charge is 2.32. The van der Waals surface area contributed by atoms with E-state index in [1.165, 1.54) is 29.2 Å². The van der Waals surface area contributed by atoms with Crippen LogP contribution in [-0.2, 0) is 9.59 Å². The van der Waals surface area contributed by atoms with Crippen molar-refractivity contribution in [2.75, 3.05) is 22.1 Å². The normalized spacial score (nSPS) is 16.7. The van der Waals surface area contributed by atoms with Crippen molar-refractivity contribution in [3.05, 3.63) is 102 Å². The molecule has 180 valence electrons. The molecule has 2 amide bonds. The minimum absolute atomic E-state index is 0.0415. The Morgan fingerprint density at radius 3 is 2.47 bits per heavy atom. The van der Waals surface area contributed by atoms with E-state index in [-0.39, 0.29) is 29.0 Å². The number of nitrogens with zero attached hydrogens (tertiary/aromatic N) is 3. The molecule has 3 aromatic carbocycles. The van der Waals surface area contributed by atoms with Gasteiger partial charge in [-0.2, -0.15) is 0 Å². The molecular formula is C28H22FN3O3S. The lowest BCUT2D eigenvalue weighted by molar-refractivity contribution is -0.117. The zero-order valence-corrected chi connectivity index (χ0v) is 20.1. The van der Waals surface area contributed by atoms with E-state index >= 15 is 0 Å². The Labute approximate surface area is 212 Å². The highest BCUT2D eigenvalue weighted by Crippen LogP contribution is 2.30. The Morgan fingerprint density at radius 1 is 0.972 bits per heavy atom. The molecule has 6 nitrogen and oxygen atoms in total. The summed E-state index contributed by atoms with van der Waals surface area (Å²) in [5.74, 6) is -0.818. The van der Waals surface area contributed by atoms with Crippen molar-refractivity contribution >= 4 is 52.0 Å². The van der Waals surface area contributed by atoms with Crippen LogP contribution >= 0.6 is 11.8 Å². The van der Waals surface area contributed by atoms with E-state index in [2.05, 4.69) is 4.99 Å². The predicted octanol–water partition coefficient (Wildman–Crippen LogP) is 5.31. The third kappa shape index (κ3) is 4.99. The number of amides is 2. The number of halogens is 1. The number of thioether (sulfide) groups is 1. The highest BCUT2D eigenvalue weighted by molar-refractivity contribution is 8.14. The van der Waals surface area contributed by atoms with Gasteiger partial charge in [0.15, 0.2) is 11.0 Å². The van der Waals surface area contributed by atoms with Gasteiger partial charge in [0.25, 0.3) is 5.91 Å². The first-order valence-electron chi connectivity index (χ1n) is 11.5. The van der Waals surface area contributed by atoms with Gasteiger partial charge in [-0.05, 0) is 54.5 Å². The number of Topliss-reactive ketones (excluding diaryl/α,β-unsaturated/α-hetero) is 1. The van der Waals surface area contributed by atoms with E-state index in [4.69, 9.17) is 0 Å². The van der Waals surface area contributed by atoms with E-state index in [1.807, 2.05) is 36.4 Å². The molecule has 3 aromatic rings. The summed E-state index contributed by atoms with van der Waals surface area (Å²) in [7, 11) is 0. The first-order valence-corrected chi connectivity index (χ1v) is 12.5. The van der Waals surface area contributed by atoms with Gasteiger partial charge in [-0.15, -0.1) is 0 Å². The van der Waals surface area contributed by atoms with Crippen LogP contribution in [-0.4, -0.2) is 35.1 Å². The molecule has 2 aliphatic rings. The largest absolute Gasteiger partial charge is 0.312 e. The topological polar surface area (TPSA) is 70.1 Å². The molecular weight excluding hydrogens is 477 g/mol. The third-order valence-corrected chi connectivity index (χ3v) is 6.84. The summed E-state index contributed by atoms with van der Waals surface area (Å²) in [6.07, 6.45) is 3.00. The number of hydrogen-bond donors (Lipinski definition) is 0. The van der Waals surface area contributed by atoms with Gasteiger partial charge in [-0.1, -0.05) is 54.2 Å². The molecule has 2 aliphatic heterocycles. The van der Waals surface area contributed by atoms with E-state index < -0.39 is 5.82 Å². The first kappa shape index (κ1) is 23.7. The number of anilines is 2. The van der Waals surface area contributed by atoms with Crippen LogP contribution in [0, 0.1) is 5.82 Å². The van der Waals surface area contributed by atoms with Crippen LogP contribution < -0.4 is 9.80 Å². The molecule has 0 bridgehead atoms. The molecule has 0 aromatic heterocycles. The molecule has 0 atom stereocenters. The monoisotopic (exact) mass is 499 g/mol. The Balaban J connectivity index is 1.38. The third-order valence-electron chi connectivity index (χ3n) is 5.90. The smallest absolute Gasteiger partial charge is 0.283 e. The van der Waals surface area contributed by atoms with E-state index in [9.17, 15) is 18.8 Å². The lowest BCUT2D eigenvalue weighted by atomic mass is 10.1. The van der Waals surface area contributed by atoms with Crippen LogP contribution in [0.5, 0.6) is 0 Å². The fourth-order valence-corrected chi connectivity index (χ4v) is 5.01. The quantitative estimate of drug-likeness (QED) is 0.340. The molecule has 0 N–H and O–H groups in total. The summed E-state index contributed by atoms with van der Waals surface area (Å²) in [5.41, 5.74) is 2.71. The molecule has 2 heterocycles. The summed E-state index contributed by atoms with van der Waals surface area (Å²) >= 11 is 1.14. The summed E-state index contributed by atoms with van der Waals surface area (Å²) in [5, 5.41) is 0.341. The van der Waals surface area contributed by atoms with E-state index in [1.54, 1.807) is 29.2 Å². The molecule has 0 radical (unpaired) electrons. The lowest BCUT2D eigenvalue weighted by Crippen LogP contribution is -2.30. The first-order chi connectivity index (χ1) is 17.5. The van der Waals surface area contributed by atoms with Gasteiger partial charge in [0, 0.05) is 24.2 Å². The fraction of sp³-hybridized carbons (Fsp3) is 0.143. The highest BCUT2D eigenvalue weighted by atomic mass is 32.2. The number of hydrogen-bond acceptors (Lipinski definition) is 5. The Hall–Kier alpha value is -4.04. The molecule has 1 saturated heterocycles. The second kappa shape index (κ2) is 10.3. The van der Waals surface area contributed by atoms with Gasteiger partial charge >= 0.3 is 0 Å². The second-order valence-electron chi connectivity index (χ2n) is 8.36. The minimum atomic E-state index is -0.414. The summed E-state index contributed by atoms with van der Waals surface area (Å²) in [6, 6.07) is 21.9. The van der Waals surface area contributed by atoms with E-state index in [0.717, 1.165) is 23.7 Å². The van der Waals surface area contributed by atoms with E-state index in [0.29, 0.717) is 35.1 Å². The predicted molar refractivity (Wildman–Crippen MR) is 141 cm³/mol. The van der Waals surface area contributed by atoms with Gasteiger partial charge in [0.2, 0.25) is 5.91 Å². The average Bonchev–Trinajstić information content (AvgIpc) is 3.46. The number of rotatable bonds is 6. The van der Waals surface area contributed by atoms with Crippen molar-refractivity contribution in [3.8, 4) is 0 Å². The maximum absolute atomic E-state index is 13.5. The number of benzene rings is 3. The van der Waals surface area contributed by atoms with Crippen molar-refractivity contribution in [3.63, 3.8) is 0 Å². The van der Waals surface area contributed by atoms with Crippen LogP contribution in [0.1, 0.15) is 28.8 Å². The van der Waals surface area contributed by atoms with Gasteiger partial charge in [-0.3, -0.25) is 19.3 Å². The van der Waals surface area contributed by atoms with Crippen LogP contribution in [0.15, 0.2) is 89.6 Å². The van der Waals surface area contributed by atoms with Crippen LogP contribution in [0.25, 0.3) is 6.08 Å². The number of carbonyl (C=O) groups excluding carboxylic acids is 3. The average molecular weight is 500 g/mol. The zero-order chi connectivity index (χ0) is 25.1. The van der Waals surface area contributed by atoms with Crippen LogP contribution in [0.4, 0.5) is 15.8 Å². The molecule has 8 heteroatoms. The van der Waals surface area contributed by atoms with Crippen molar-refractivity contribution in [1.29, 1.82) is 0 Å². The van der Waals surface area contributed by atoms with Crippen LogP contribution in [0.3, 0.4) is 0 Å². The van der Waals surface area contributed by atoms with Gasteiger partial charge in [0.1, 0.15) is 11.5 Å². The zero-order valence-electron chi connectivity index (χ0n) is 19.3. The van der Waals surface area contributed by atoms with Crippen molar-refractivity contribution in [2.45, 2.75) is 12.8 Å². The summed E-state index contributed by atoms with van der Waals surface area (Å²) < 4.78 is 13.5. The molecule has 0 unspecified atom stereocenters. The summed E-state index contributed by atoms with van der Waals surface area (Å²) in [6.45, 7) is 0.646. The molecule has 0 spiro atoms. The summed E-state index contributed by atoms with van der Waals surface area (Å²) in [4.78, 5) is 46.0. The van der Waals surface area contributed by atoms with Crippen molar-refractivity contribution in [1.82, 2.24) is 0 Å².